The Morgan fingerprint density at radius 3 is 2.55 bits per heavy atom. The van der Waals surface area contributed by atoms with Gasteiger partial charge in [-0.25, -0.2) is 4.98 Å². The molecule has 0 atom stereocenters. The van der Waals surface area contributed by atoms with Crippen LogP contribution in [0.5, 0.6) is 0 Å². The van der Waals surface area contributed by atoms with E-state index in [2.05, 4.69) is 10.3 Å². The van der Waals surface area contributed by atoms with Crippen LogP contribution in [0.2, 0.25) is 5.15 Å². The molecule has 1 amide bonds. The number of nitrogens with zero attached hydrogens (tertiary/aromatic N) is 1. The molecule has 0 spiro atoms. The molecule has 0 aromatic carbocycles. The SMILES string of the molecule is O=C(O)CC1(CC(=O)Nc2ccc(Cl)nc2)CCCC1. The average Bonchev–Trinajstić information content (AvgIpc) is 2.79. The van der Waals surface area contributed by atoms with E-state index in [-0.39, 0.29) is 18.7 Å². The Balaban J connectivity index is 1.98. The second kappa shape index (κ2) is 6.22. The zero-order chi connectivity index (χ0) is 14.6. The molecular formula is C14H17ClN2O3. The maximum atomic E-state index is 12.1. The Hall–Kier alpha value is -1.62. The van der Waals surface area contributed by atoms with Gasteiger partial charge in [0.2, 0.25) is 5.91 Å². The maximum absolute atomic E-state index is 12.1. The van der Waals surface area contributed by atoms with Gasteiger partial charge >= 0.3 is 5.97 Å². The normalized spacial score (nSPS) is 16.9. The molecule has 2 rings (SSSR count). The van der Waals surface area contributed by atoms with Gasteiger partial charge in [0.1, 0.15) is 5.15 Å². The molecule has 1 heterocycles. The van der Waals surface area contributed by atoms with Crippen molar-refractivity contribution < 1.29 is 14.7 Å². The van der Waals surface area contributed by atoms with Crippen LogP contribution < -0.4 is 5.32 Å². The minimum atomic E-state index is -0.840. The van der Waals surface area contributed by atoms with Gasteiger partial charge in [-0.3, -0.25) is 9.59 Å². The summed E-state index contributed by atoms with van der Waals surface area (Å²) < 4.78 is 0. The van der Waals surface area contributed by atoms with Gasteiger partial charge in [-0.15, -0.1) is 0 Å². The summed E-state index contributed by atoms with van der Waals surface area (Å²) >= 11 is 5.68. The van der Waals surface area contributed by atoms with Crippen molar-refractivity contribution in [2.75, 3.05) is 5.32 Å². The standard InChI is InChI=1S/C14H17ClN2O3/c15-11-4-3-10(9-16-11)17-12(18)7-14(8-13(19)20)5-1-2-6-14/h3-4,9H,1-2,5-8H2,(H,17,18)(H,19,20). The molecule has 0 aliphatic heterocycles. The van der Waals surface area contributed by atoms with Crippen molar-refractivity contribution in [3.63, 3.8) is 0 Å². The summed E-state index contributed by atoms with van der Waals surface area (Å²) in [6, 6.07) is 3.27. The number of hydrogen-bond donors (Lipinski definition) is 2. The third-order valence-corrected chi connectivity index (χ3v) is 3.96. The van der Waals surface area contributed by atoms with Crippen LogP contribution in [-0.2, 0) is 9.59 Å². The number of anilines is 1. The fourth-order valence-electron chi connectivity index (χ4n) is 2.86. The van der Waals surface area contributed by atoms with Crippen LogP contribution in [0.25, 0.3) is 0 Å². The van der Waals surface area contributed by atoms with E-state index in [9.17, 15) is 9.59 Å². The van der Waals surface area contributed by atoms with E-state index in [1.54, 1.807) is 12.1 Å². The van der Waals surface area contributed by atoms with Gasteiger partial charge in [-0.2, -0.15) is 0 Å². The van der Waals surface area contributed by atoms with E-state index < -0.39 is 11.4 Å². The number of rotatable bonds is 5. The maximum Gasteiger partial charge on any atom is 0.303 e. The lowest BCUT2D eigenvalue weighted by atomic mass is 9.79. The van der Waals surface area contributed by atoms with Crippen molar-refractivity contribution in [1.29, 1.82) is 0 Å². The van der Waals surface area contributed by atoms with Crippen LogP contribution in [0.15, 0.2) is 18.3 Å². The number of carboxylic acids is 1. The number of aromatic nitrogens is 1. The summed E-state index contributed by atoms with van der Waals surface area (Å²) in [4.78, 5) is 26.9. The summed E-state index contributed by atoms with van der Waals surface area (Å²) in [5, 5.41) is 12.1. The van der Waals surface area contributed by atoms with Crippen molar-refractivity contribution in [2.24, 2.45) is 5.41 Å². The number of pyridine rings is 1. The molecule has 1 aromatic rings. The highest BCUT2D eigenvalue weighted by Gasteiger charge is 2.37. The zero-order valence-corrected chi connectivity index (χ0v) is 11.8. The monoisotopic (exact) mass is 296 g/mol. The van der Waals surface area contributed by atoms with Gasteiger partial charge < -0.3 is 10.4 Å². The molecule has 5 nitrogen and oxygen atoms in total. The van der Waals surface area contributed by atoms with Crippen LogP contribution in [0.1, 0.15) is 38.5 Å². The number of amides is 1. The van der Waals surface area contributed by atoms with Gasteiger partial charge in [0.15, 0.2) is 0 Å². The summed E-state index contributed by atoms with van der Waals surface area (Å²) in [5.74, 6) is -1.01. The van der Waals surface area contributed by atoms with Gasteiger partial charge in [0.05, 0.1) is 18.3 Å². The van der Waals surface area contributed by atoms with Gasteiger partial charge in [-0.1, -0.05) is 24.4 Å². The fraction of sp³-hybridized carbons (Fsp3) is 0.500. The number of hydrogen-bond acceptors (Lipinski definition) is 3. The van der Waals surface area contributed by atoms with Crippen molar-refractivity contribution in [3.8, 4) is 0 Å². The quantitative estimate of drug-likeness (QED) is 0.818. The predicted molar refractivity (Wildman–Crippen MR) is 75.6 cm³/mol. The molecule has 0 bridgehead atoms. The number of carboxylic acid groups (broad SMARTS) is 1. The fourth-order valence-corrected chi connectivity index (χ4v) is 2.97. The highest BCUT2D eigenvalue weighted by molar-refractivity contribution is 6.29. The minimum absolute atomic E-state index is 0.0548. The molecule has 108 valence electrons. The second-order valence-corrected chi connectivity index (χ2v) is 5.76. The molecule has 2 N–H and O–H groups in total. The molecule has 1 fully saturated rings. The van der Waals surface area contributed by atoms with E-state index in [4.69, 9.17) is 16.7 Å². The number of nitrogens with one attached hydrogen (secondary N) is 1. The Morgan fingerprint density at radius 1 is 1.30 bits per heavy atom. The molecule has 6 heteroatoms. The van der Waals surface area contributed by atoms with Crippen molar-refractivity contribution >= 4 is 29.2 Å². The highest BCUT2D eigenvalue weighted by atomic mass is 35.5. The van der Waals surface area contributed by atoms with Crippen molar-refractivity contribution in [2.45, 2.75) is 38.5 Å². The number of carbonyl (C=O) groups excluding carboxylic acids is 1. The number of halogens is 1. The van der Waals surface area contributed by atoms with E-state index in [1.807, 2.05) is 0 Å². The molecule has 1 aliphatic carbocycles. The first kappa shape index (κ1) is 14.8. The van der Waals surface area contributed by atoms with E-state index in [1.165, 1.54) is 6.20 Å². The van der Waals surface area contributed by atoms with Crippen molar-refractivity contribution in [1.82, 2.24) is 4.98 Å². The predicted octanol–water partition coefficient (Wildman–Crippen LogP) is 3.10. The van der Waals surface area contributed by atoms with E-state index in [0.717, 1.165) is 25.7 Å². The van der Waals surface area contributed by atoms with Crippen LogP contribution in [0.4, 0.5) is 5.69 Å². The molecule has 0 unspecified atom stereocenters. The van der Waals surface area contributed by atoms with Crippen LogP contribution >= 0.6 is 11.6 Å². The Kier molecular flexibility index (Phi) is 4.60. The molecule has 0 saturated heterocycles. The number of aliphatic carboxylic acids is 1. The molecule has 1 aliphatic rings. The Bertz CT molecular complexity index is 496. The zero-order valence-electron chi connectivity index (χ0n) is 11.1. The number of carbonyl (C=O) groups is 2. The van der Waals surface area contributed by atoms with Gasteiger partial charge in [0, 0.05) is 6.42 Å². The average molecular weight is 297 g/mol. The molecular weight excluding hydrogens is 280 g/mol. The molecule has 0 radical (unpaired) electrons. The summed E-state index contributed by atoms with van der Waals surface area (Å²) in [5.41, 5.74) is 0.179. The molecule has 1 saturated carbocycles. The largest absolute Gasteiger partial charge is 0.481 e. The van der Waals surface area contributed by atoms with Crippen LogP contribution in [-0.4, -0.2) is 22.0 Å². The first-order chi connectivity index (χ1) is 9.49. The summed E-state index contributed by atoms with van der Waals surface area (Å²) in [7, 11) is 0. The second-order valence-electron chi connectivity index (χ2n) is 5.37. The van der Waals surface area contributed by atoms with Gasteiger partial charge in [0.25, 0.3) is 0 Å². The minimum Gasteiger partial charge on any atom is -0.481 e. The Morgan fingerprint density at radius 2 is 2.00 bits per heavy atom. The lowest BCUT2D eigenvalue weighted by Gasteiger charge is -2.26. The van der Waals surface area contributed by atoms with Gasteiger partial charge in [-0.05, 0) is 30.4 Å². The Labute approximate surface area is 122 Å². The lowest BCUT2D eigenvalue weighted by Crippen LogP contribution is -2.27. The lowest BCUT2D eigenvalue weighted by molar-refractivity contribution is -0.140. The summed E-state index contributed by atoms with van der Waals surface area (Å²) in [6.45, 7) is 0. The van der Waals surface area contributed by atoms with Crippen LogP contribution in [0.3, 0.4) is 0 Å². The van der Waals surface area contributed by atoms with Crippen molar-refractivity contribution in [3.05, 3.63) is 23.5 Å². The smallest absolute Gasteiger partial charge is 0.303 e. The molecule has 20 heavy (non-hydrogen) atoms. The van der Waals surface area contributed by atoms with E-state index in [0.29, 0.717) is 10.8 Å². The highest BCUT2D eigenvalue weighted by Crippen LogP contribution is 2.44. The third kappa shape index (κ3) is 3.93. The first-order valence-corrected chi connectivity index (χ1v) is 7.00. The first-order valence-electron chi connectivity index (χ1n) is 6.62. The summed E-state index contributed by atoms with van der Waals surface area (Å²) in [6.07, 6.45) is 5.35. The van der Waals surface area contributed by atoms with Crippen LogP contribution in [0, 0.1) is 5.41 Å². The topological polar surface area (TPSA) is 79.3 Å². The molecule has 1 aromatic heterocycles. The van der Waals surface area contributed by atoms with E-state index >= 15 is 0 Å². The third-order valence-electron chi connectivity index (χ3n) is 3.74.